The molecule has 8 heteroatoms. The molecule has 3 aromatic rings. The van der Waals surface area contributed by atoms with E-state index >= 15 is 0 Å². The van der Waals surface area contributed by atoms with Crippen LogP contribution in [0.5, 0.6) is 5.75 Å². The van der Waals surface area contributed by atoms with Gasteiger partial charge in [0.15, 0.2) is 0 Å². The van der Waals surface area contributed by atoms with Gasteiger partial charge in [0.25, 0.3) is 0 Å². The molecule has 4 N–H and O–H groups in total. The molecule has 2 unspecified atom stereocenters. The molecule has 0 aliphatic heterocycles. The highest BCUT2D eigenvalue weighted by atomic mass is 79.9. The average molecular weight is 519 g/mol. The van der Waals surface area contributed by atoms with Gasteiger partial charge in [0.05, 0.1) is 4.47 Å². The molecular weight excluding hydrogens is 498 g/mol. The van der Waals surface area contributed by atoms with Crippen LogP contribution in [0.2, 0.25) is 5.02 Å². The fourth-order valence-corrected chi connectivity index (χ4v) is 4.80. The van der Waals surface area contributed by atoms with Crippen molar-refractivity contribution in [3.63, 3.8) is 0 Å². The minimum Gasteiger partial charge on any atom is -0.506 e. The van der Waals surface area contributed by atoms with Crippen molar-refractivity contribution < 1.29 is 24.9 Å². The Kier molecular flexibility index (Phi) is 6.71. The number of carbonyl (C=O) groups is 1. The Balaban J connectivity index is 1.36. The molecule has 32 heavy (non-hydrogen) atoms. The number of alkyl carbamates (subject to hydrolysis) is 1. The highest BCUT2D eigenvalue weighted by Gasteiger charge is 2.29. The van der Waals surface area contributed by atoms with Crippen LogP contribution < -0.4 is 5.32 Å². The third kappa shape index (κ3) is 4.47. The summed E-state index contributed by atoms with van der Waals surface area (Å²) in [7, 11) is 0. The molecule has 0 fully saturated rings. The molecule has 6 nitrogen and oxygen atoms in total. The van der Waals surface area contributed by atoms with Crippen molar-refractivity contribution in [2.45, 2.75) is 18.1 Å². The fraction of sp³-hybridized carbons (Fsp3) is 0.208. The van der Waals surface area contributed by atoms with Crippen LogP contribution in [0.3, 0.4) is 0 Å². The average Bonchev–Trinajstić information content (AvgIpc) is 3.11. The maximum Gasteiger partial charge on any atom is 0.407 e. The van der Waals surface area contributed by atoms with Crippen molar-refractivity contribution in [2.75, 3.05) is 13.2 Å². The number of aliphatic hydroxyl groups is 2. The number of carbonyl (C=O) groups excluding carboxylic acids is 1. The quantitative estimate of drug-likeness (QED) is 0.378. The Hall–Kier alpha value is -2.58. The van der Waals surface area contributed by atoms with Crippen molar-refractivity contribution in [1.29, 1.82) is 0 Å². The third-order valence-corrected chi connectivity index (χ3v) is 6.36. The van der Waals surface area contributed by atoms with E-state index in [0.717, 1.165) is 22.3 Å². The number of halogens is 2. The number of aromatic hydroxyl groups is 1. The second kappa shape index (κ2) is 9.50. The lowest BCUT2D eigenvalue weighted by molar-refractivity contribution is 0.0172. The van der Waals surface area contributed by atoms with E-state index in [1.807, 2.05) is 36.4 Å². The molecule has 0 radical (unpaired) electrons. The number of aliphatic hydroxyl groups excluding tert-OH is 2. The molecule has 0 spiro atoms. The van der Waals surface area contributed by atoms with Crippen molar-refractivity contribution in [3.05, 3.63) is 86.8 Å². The third-order valence-electron chi connectivity index (χ3n) is 5.54. The van der Waals surface area contributed by atoms with Crippen LogP contribution in [0, 0.1) is 0 Å². The first-order valence-corrected chi connectivity index (χ1v) is 11.2. The molecule has 1 aliphatic carbocycles. The zero-order chi connectivity index (χ0) is 22.8. The summed E-state index contributed by atoms with van der Waals surface area (Å²) in [5, 5.41) is 33.5. The van der Waals surface area contributed by atoms with E-state index < -0.39 is 18.3 Å². The van der Waals surface area contributed by atoms with E-state index in [1.165, 1.54) is 12.1 Å². The van der Waals surface area contributed by atoms with Crippen LogP contribution in [-0.4, -0.2) is 40.7 Å². The van der Waals surface area contributed by atoms with Crippen molar-refractivity contribution in [3.8, 4) is 16.9 Å². The molecule has 1 aliphatic rings. The summed E-state index contributed by atoms with van der Waals surface area (Å²) in [6.07, 6.45) is -3.56. The van der Waals surface area contributed by atoms with Crippen LogP contribution in [0.25, 0.3) is 11.1 Å². The molecule has 3 aromatic carbocycles. The largest absolute Gasteiger partial charge is 0.506 e. The second-order valence-electron chi connectivity index (χ2n) is 7.54. The van der Waals surface area contributed by atoms with Gasteiger partial charge in [-0.1, -0.05) is 60.1 Å². The van der Waals surface area contributed by atoms with Crippen LogP contribution in [0.4, 0.5) is 4.79 Å². The van der Waals surface area contributed by atoms with Crippen molar-refractivity contribution >= 4 is 33.6 Å². The molecule has 0 aromatic heterocycles. The molecule has 4 rings (SSSR count). The van der Waals surface area contributed by atoms with Crippen molar-refractivity contribution in [1.82, 2.24) is 5.32 Å². The number of amides is 1. The van der Waals surface area contributed by atoms with Gasteiger partial charge in [-0.15, -0.1) is 0 Å². The zero-order valence-corrected chi connectivity index (χ0v) is 19.2. The van der Waals surface area contributed by atoms with E-state index in [4.69, 9.17) is 16.3 Å². The summed E-state index contributed by atoms with van der Waals surface area (Å²) in [5.74, 6) is -0.313. The lowest BCUT2D eigenvalue weighted by Gasteiger charge is -2.20. The van der Waals surface area contributed by atoms with Crippen LogP contribution >= 0.6 is 27.5 Å². The van der Waals surface area contributed by atoms with E-state index in [-0.39, 0.29) is 39.9 Å². The van der Waals surface area contributed by atoms with E-state index in [0.29, 0.717) is 0 Å². The first-order valence-electron chi connectivity index (χ1n) is 9.99. The Morgan fingerprint density at radius 1 is 1.06 bits per heavy atom. The van der Waals surface area contributed by atoms with Gasteiger partial charge in [-0.3, -0.25) is 0 Å². The monoisotopic (exact) mass is 517 g/mol. The van der Waals surface area contributed by atoms with Crippen LogP contribution in [0.1, 0.15) is 28.7 Å². The van der Waals surface area contributed by atoms with E-state index in [9.17, 15) is 20.1 Å². The molecule has 1 amide bonds. The van der Waals surface area contributed by atoms with Gasteiger partial charge in [-0.25, -0.2) is 4.79 Å². The zero-order valence-electron chi connectivity index (χ0n) is 16.8. The first-order chi connectivity index (χ1) is 15.4. The molecule has 0 bridgehead atoms. The number of phenols is 1. The smallest absolute Gasteiger partial charge is 0.407 e. The highest BCUT2D eigenvalue weighted by molar-refractivity contribution is 9.10. The number of hydrogen-bond donors (Lipinski definition) is 4. The predicted octanol–water partition coefficient (Wildman–Crippen LogP) is 4.74. The van der Waals surface area contributed by atoms with Gasteiger partial charge >= 0.3 is 6.09 Å². The second-order valence-corrected chi connectivity index (χ2v) is 8.83. The predicted molar refractivity (Wildman–Crippen MR) is 125 cm³/mol. The molecular formula is C24H21BrClNO5. The summed E-state index contributed by atoms with van der Waals surface area (Å²) in [5.41, 5.74) is 4.50. The maximum atomic E-state index is 12.3. The SMILES string of the molecule is O=C(NCC(O)C(O)c1cc(Cl)cc(Br)c1O)OCC1c2ccccc2-c2ccccc21. The van der Waals surface area contributed by atoms with Gasteiger partial charge in [-0.2, -0.15) is 0 Å². The number of nitrogens with one attached hydrogen (secondary N) is 1. The Morgan fingerprint density at radius 3 is 2.28 bits per heavy atom. The van der Waals surface area contributed by atoms with E-state index in [1.54, 1.807) is 0 Å². The first kappa shape index (κ1) is 22.6. The summed E-state index contributed by atoms with van der Waals surface area (Å²) >= 11 is 9.09. The van der Waals surface area contributed by atoms with Gasteiger partial charge in [0, 0.05) is 23.0 Å². The minimum absolute atomic E-state index is 0.0474. The summed E-state index contributed by atoms with van der Waals surface area (Å²) < 4.78 is 5.70. The molecule has 166 valence electrons. The number of ether oxygens (including phenoxy) is 1. The lowest BCUT2D eigenvalue weighted by Crippen LogP contribution is -2.36. The Labute approximate surface area is 198 Å². The van der Waals surface area contributed by atoms with Gasteiger partial charge in [0.2, 0.25) is 0 Å². The number of phenolic OH excluding ortho intramolecular Hbond substituents is 1. The summed E-state index contributed by atoms with van der Waals surface area (Å²) in [6.45, 7) is -0.137. The lowest BCUT2D eigenvalue weighted by atomic mass is 9.98. The van der Waals surface area contributed by atoms with Crippen LogP contribution in [-0.2, 0) is 4.74 Å². The number of benzene rings is 3. The number of fused-ring (bicyclic) bond motifs is 3. The molecule has 2 atom stereocenters. The maximum absolute atomic E-state index is 12.3. The Bertz CT molecular complexity index is 1110. The Morgan fingerprint density at radius 2 is 1.66 bits per heavy atom. The van der Waals surface area contributed by atoms with Crippen LogP contribution in [0.15, 0.2) is 65.1 Å². The highest BCUT2D eigenvalue weighted by Crippen LogP contribution is 2.44. The minimum atomic E-state index is -1.46. The van der Waals surface area contributed by atoms with Gasteiger partial charge < -0.3 is 25.4 Å². The van der Waals surface area contributed by atoms with Gasteiger partial charge in [-0.05, 0) is 50.3 Å². The fourth-order valence-electron chi connectivity index (χ4n) is 3.97. The van der Waals surface area contributed by atoms with E-state index in [2.05, 4.69) is 33.4 Å². The normalized spacial score (nSPS) is 14.4. The summed E-state index contributed by atoms with van der Waals surface area (Å²) in [4.78, 5) is 12.3. The topological polar surface area (TPSA) is 99.0 Å². The molecule has 0 saturated heterocycles. The number of hydrogen-bond acceptors (Lipinski definition) is 5. The number of rotatable bonds is 6. The van der Waals surface area contributed by atoms with Crippen molar-refractivity contribution in [2.24, 2.45) is 0 Å². The summed E-state index contributed by atoms with van der Waals surface area (Å²) in [6, 6.07) is 18.8. The molecule has 0 saturated carbocycles. The van der Waals surface area contributed by atoms with Gasteiger partial charge in [0.1, 0.15) is 24.6 Å². The standard InChI is InChI=1S/C24H21BrClNO5/c25-20-10-13(26)9-18(22(20)29)23(30)21(28)11-27-24(31)32-12-19-16-7-3-1-5-14(16)15-6-2-4-8-17(15)19/h1-10,19,21,23,28-30H,11-12H2,(H,27,31). The molecule has 0 heterocycles.